The van der Waals surface area contributed by atoms with Gasteiger partial charge in [0.2, 0.25) is 11.8 Å². The fraction of sp³-hybridized carbons (Fsp3) is 0.357. The number of aromatic nitrogens is 1. The summed E-state index contributed by atoms with van der Waals surface area (Å²) in [5.74, 6) is -2.25. The number of fused-ring (bicyclic) bond motifs is 2. The Morgan fingerprint density at radius 1 is 1.08 bits per heavy atom. The van der Waals surface area contributed by atoms with E-state index in [1.54, 1.807) is 56.3 Å². The van der Waals surface area contributed by atoms with Crippen LogP contribution in [0, 0.1) is 6.92 Å². The second kappa shape index (κ2) is 11.1. The fourth-order valence-electron chi connectivity index (χ4n) is 4.83. The first-order valence-corrected chi connectivity index (χ1v) is 14.7. The summed E-state index contributed by atoms with van der Waals surface area (Å²) in [5.41, 5.74) is 3.36. The van der Waals surface area contributed by atoms with Crippen molar-refractivity contribution >= 4 is 49.8 Å². The first-order chi connectivity index (χ1) is 18.4. The zero-order valence-electron chi connectivity index (χ0n) is 22.6. The minimum atomic E-state index is -3.67. The van der Waals surface area contributed by atoms with E-state index < -0.39 is 51.4 Å². The quantitative estimate of drug-likeness (QED) is 0.459. The molecule has 2 N–H and O–H groups in total. The van der Waals surface area contributed by atoms with Crippen LogP contribution in [0.3, 0.4) is 0 Å². The molecule has 206 valence electrons. The van der Waals surface area contributed by atoms with Gasteiger partial charge < -0.3 is 20.4 Å². The number of aryl methyl sites for hydroxylation is 1. The van der Waals surface area contributed by atoms with Crippen molar-refractivity contribution < 1.29 is 22.8 Å². The van der Waals surface area contributed by atoms with E-state index in [1.165, 1.54) is 4.90 Å². The average molecular weight is 552 g/mol. The summed E-state index contributed by atoms with van der Waals surface area (Å²) in [6.45, 7) is 5.37. The molecule has 1 aliphatic heterocycles. The van der Waals surface area contributed by atoms with Gasteiger partial charge in [0.25, 0.3) is 5.91 Å². The van der Waals surface area contributed by atoms with Gasteiger partial charge in [0.05, 0.1) is 35.5 Å². The van der Waals surface area contributed by atoms with Gasteiger partial charge in [-0.05, 0) is 57.1 Å². The number of nitrogens with zero attached hydrogens (tertiary/aromatic N) is 3. The monoisotopic (exact) mass is 551 g/mol. The Labute approximate surface area is 228 Å². The molecule has 0 radical (unpaired) electrons. The van der Waals surface area contributed by atoms with Crippen LogP contribution in [0.5, 0.6) is 0 Å². The Kier molecular flexibility index (Phi) is 8.03. The summed E-state index contributed by atoms with van der Waals surface area (Å²) in [6.07, 6.45) is 2.74. The van der Waals surface area contributed by atoms with Crippen LogP contribution in [0.4, 0.5) is 11.4 Å². The highest BCUT2D eigenvalue weighted by atomic mass is 32.2. The van der Waals surface area contributed by atoms with E-state index in [2.05, 4.69) is 15.6 Å². The Morgan fingerprint density at radius 2 is 1.72 bits per heavy atom. The highest BCUT2D eigenvalue weighted by Crippen LogP contribution is 2.37. The second-order valence-electron chi connectivity index (χ2n) is 9.92. The van der Waals surface area contributed by atoms with E-state index in [9.17, 15) is 22.8 Å². The number of pyridine rings is 1. The van der Waals surface area contributed by atoms with Crippen molar-refractivity contribution in [2.75, 3.05) is 28.9 Å². The van der Waals surface area contributed by atoms with Crippen LogP contribution in [0.15, 0.2) is 54.7 Å². The fourth-order valence-corrected chi connectivity index (χ4v) is 5.42. The second-order valence-corrected chi connectivity index (χ2v) is 12.1. The van der Waals surface area contributed by atoms with E-state index in [0.717, 1.165) is 28.3 Å². The predicted octanol–water partition coefficient (Wildman–Crippen LogP) is 1.95. The number of sulfone groups is 1. The van der Waals surface area contributed by atoms with E-state index in [1.807, 2.05) is 31.2 Å². The van der Waals surface area contributed by atoms with Crippen molar-refractivity contribution in [3.05, 3.63) is 65.9 Å². The zero-order valence-corrected chi connectivity index (χ0v) is 23.5. The van der Waals surface area contributed by atoms with Gasteiger partial charge >= 0.3 is 0 Å². The maximum absolute atomic E-state index is 14.3. The summed E-state index contributed by atoms with van der Waals surface area (Å²) in [7, 11) is -2.04. The van der Waals surface area contributed by atoms with E-state index in [0.29, 0.717) is 11.4 Å². The number of benzene rings is 2. The lowest BCUT2D eigenvalue weighted by Gasteiger charge is -2.32. The van der Waals surface area contributed by atoms with Crippen LogP contribution < -0.4 is 20.4 Å². The molecule has 11 heteroatoms. The highest BCUT2D eigenvalue weighted by molar-refractivity contribution is 7.91. The van der Waals surface area contributed by atoms with Crippen molar-refractivity contribution in [3.8, 4) is 0 Å². The molecule has 10 nitrogen and oxygen atoms in total. The minimum absolute atomic E-state index is 0.152. The van der Waals surface area contributed by atoms with E-state index in [4.69, 9.17) is 0 Å². The summed E-state index contributed by atoms with van der Waals surface area (Å²) >= 11 is 0. The third-order valence-electron chi connectivity index (χ3n) is 7.05. The Morgan fingerprint density at radius 3 is 2.38 bits per heavy atom. The van der Waals surface area contributed by atoms with Gasteiger partial charge in [-0.15, -0.1) is 0 Å². The minimum Gasteiger partial charge on any atom is -0.341 e. The molecule has 4 rings (SSSR count). The number of nitrogens with one attached hydrogen (secondary N) is 2. The molecule has 0 aliphatic carbocycles. The van der Waals surface area contributed by atoms with Crippen LogP contribution in [0.25, 0.3) is 10.9 Å². The number of likely N-dealkylation sites (N-methyl/N-ethyl adjacent to an activating group) is 1. The maximum atomic E-state index is 14.3. The van der Waals surface area contributed by atoms with E-state index >= 15 is 0 Å². The number of rotatable bonds is 7. The zero-order chi connectivity index (χ0) is 28.5. The molecule has 1 aromatic heterocycles. The van der Waals surface area contributed by atoms with Gasteiger partial charge in [-0.3, -0.25) is 19.4 Å². The molecule has 3 amide bonds. The van der Waals surface area contributed by atoms with Crippen LogP contribution in [-0.4, -0.2) is 68.3 Å². The molecule has 2 aromatic carbocycles. The number of anilines is 2. The molecule has 3 aromatic rings. The van der Waals surface area contributed by atoms with Crippen LogP contribution in [0.1, 0.15) is 25.0 Å². The van der Waals surface area contributed by atoms with Crippen molar-refractivity contribution in [2.24, 2.45) is 0 Å². The molecule has 39 heavy (non-hydrogen) atoms. The topological polar surface area (TPSA) is 129 Å². The maximum Gasteiger partial charge on any atom is 0.252 e. The molecule has 3 atom stereocenters. The summed E-state index contributed by atoms with van der Waals surface area (Å²) in [5, 5.41) is 6.55. The van der Waals surface area contributed by atoms with Gasteiger partial charge in [0.1, 0.15) is 11.8 Å². The molecular weight excluding hydrogens is 518 g/mol. The number of carbonyl (C=O) groups excluding carboxylic acids is 3. The molecule has 0 spiro atoms. The molecular formula is C28H33N5O5S. The standard InChI is InChI=1S/C28H33N5O5S/c1-17-14-30-22-11-7-6-10-20(22)21(17)15-32-23-12-8-9-13-24(23)33(25(34)16-39(5,37)38)19(3)26(28(32)36)31-27(35)18(2)29-4/h6-14,18-19,26,29H,15-16H2,1-5H3,(H,31,35)/t18?,19-,26-/m0/s1. The molecule has 0 saturated carbocycles. The number of carbonyl (C=O) groups is 3. The van der Waals surface area contributed by atoms with Crippen LogP contribution in [-0.2, 0) is 30.8 Å². The Balaban J connectivity index is 1.90. The SMILES string of the molecule is CNC(C)C(=O)N[C@@H]1C(=O)N(Cc2c(C)cnc3ccccc23)c2ccccc2N(C(=O)CS(C)(=O)=O)[C@H]1C. The number of amides is 3. The number of hydrogen-bond donors (Lipinski definition) is 2. The molecule has 1 unspecified atom stereocenters. The van der Waals surface area contributed by atoms with E-state index in [-0.39, 0.29) is 6.54 Å². The largest absolute Gasteiger partial charge is 0.341 e. The third-order valence-corrected chi connectivity index (χ3v) is 7.82. The lowest BCUT2D eigenvalue weighted by atomic mass is 10.0. The number of hydrogen-bond acceptors (Lipinski definition) is 7. The van der Waals surface area contributed by atoms with Gasteiger partial charge in [-0.25, -0.2) is 8.42 Å². The Bertz CT molecular complexity index is 1540. The van der Waals surface area contributed by atoms with Gasteiger partial charge in [0.15, 0.2) is 9.84 Å². The van der Waals surface area contributed by atoms with Crippen molar-refractivity contribution in [2.45, 2.75) is 45.4 Å². The van der Waals surface area contributed by atoms with Gasteiger partial charge in [-0.1, -0.05) is 30.3 Å². The highest BCUT2D eigenvalue weighted by Gasteiger charge is 2.43. The third kappa shape index (κ3) is 5.79. The first-order valence-electron chi connectivity index (χ1n) is 12.6. The molecule has 0 saturated heterocycles. The Hall–Kier alpha value is -3.83. The lowest BCUT2D eigenvalue weighted by molar-refractivity contribution is -0.129. The van der Waals surface area contributed by atoms with Gasteiger partial charge in [-0.2, -0.15) is 0 Å². The summed E-state index contributed by atoms with van der Waals surface area (Å²) < 4.78 is 24.2. The molecule has 0 fully saturated rings. The van der Waals surface area contributed by atoms with Crippen molar-refractivity contribution in [3.63, 3.8) is 0 Å². The van der Waals surface area contributed by atoms with Crippen LogP contribution >= 0.6 is 0 Å². The first kappa shape index (κ1) is 28.2. The van der Waals surface area contributed by atoms with Crippen molar-refractivity contribution in [1.29, 1.82) is 0 Å². The lowest BCUT2D eigenvalue weighted by Crippen LogP contribution is -2.60. The van der Waals surface area contributed by atoms with Crippen LogP contribution in [0.2, 0.25) is 0 Å². The van der Waals surface area contributed by atoms with Gasteiger partial charge in [0, 0.05) is 17.8 Å². The summed E-state index contributed by atoms with van der Waals surface area (Å²) in [6, 6.07) is 11.9. The summed E-state index contributed by atoms with van der Waals surface area (Å²) in [4.78, 5) is 48.1. The number of para-hydroxylation sites is 3. The molecule has 0 bridgehead atoms. The normalized spacial score (nSPS) is 18.4. The molecule has 2 heterocycles. The molecule has 1 aliphatic rings. The van der Waals surface area contributed by atoms with Crippen molar-refractivity contribution in [1.82, 2.24) is 15.6 Å². The smallest absolute Gasteiger partial charge is 0.252 e. The predicted molar refractivity (Wildman–Crippen MR) is 151 cm³/mol. The average Bonchev–Trinajstić information content (AvgIpc) is 2.97.